The number of carbonyl (C=O) groups excluding carboxylic acids is 2. The zero-order valence-corrected chi connectivity index (χ0v) is 18.0. The molecule has 6 nitrogen and oxygen atoms in total. The number of likely N-dealkylation sites (N-methyl/N-ethyl adjacent to an activating group) is 1. The van der Waals surface area contributed by atoms with Crippen LogP contribution in [0.4, 0.5) is 29.3 Å². The smallest absolute Gasteiger partial charge is 0.360 e. The van der Waals surface area contributed by atoms with E-state index in [0.29, 0.717) is 16.7 Å². The van der Waals surface area contributed by atoms with Gasteiger partial charge in [0.1, 0.15) is 0 Å². The second-order valence-corrected chi connectivity index (χ2v) is 8.81. The average molecular weight is 494 g/mol. The van der Waals surface area contributed by atoms with Gasteiger partial charge in [-0.1, -0.05) is 59.1 Å². The highest BCUT2D eigenvalue weighted by atomic mass is 35.6. The number of anilines is 2. The molecule has 0 saturated carbocycles. The summed E-state index contributed by atoms with van der Waals surface area (Å²) in [6.45, 7) is 0. The number of nitrogens with one attached hydrogen (secondary N) is 1. The summed E-state index contributed by atoms with van der Waals surface area (Å²) in [5.74, 6) is -1.36. The molecular formula is C19H14Cl3F3N4O2. The van der Waals surface area contributed by atoms with E-state index in [1.807, 2.05) is 0 Å². The lowest BCUT2D eigenvalue weighted by Gasteiger charge is -2.23. The number of halogens is 6. The highest BCUT2D eigenvalue weighted by Gasteiger charge is 2.44. The molecule has 31 heavy (non-hydrogen) atoms. The molecule has 2 aromatic carbocycles. The number of nitrogens with zero attached hydrogens (tertiary/aromatic N) is 3. The van der Waals surface area contributed by atoms with Gasteiger partial charge in [-0.3, -0.25) is 9.69 Å². The van der Waals surface area contributed by atoms with Crippen LogP contribution in [0, 0.1) is 0 Å². The van der Waals surface area contributed by atoms with Crippen molar-refractivity contribution >= 4 is 64.0 Å². The predicted octanol–water partition coefficient (Wildman–Crippen LogP) is 5.31. The van der Waals surface area contributed by atoms with Gasteiger partial charge in [0.15, 0.2) is 6.17 Å². The van der Waals surface area contributed by atoms with Crippen LogP contribution in [-0.2, 0) is 11.0 Å². The summed E-state index contributed by atoms with van der Waals surface area (Å²) in [6.07, 6.45) is -5.93. The summed E-state index contributed by atoms with van der Waals surface area (Å²) >= 11 is 18.0. The first-order chi connectivity index (χ1) is 14.4. The van der Waals surface area contributed by atoms with Crippen molar-refractivity contribution in [2.45, 2.75) is 16.1 Å². The number of carbonyl (C=O) groups is 2. The van der Waals surface area contributed by atoms with Crippen LogP contribution in [0.2, 0.25) is 0 Å². The average Bonchev–Trinajstić information content (AvgIpc) is 2.90. The number of amides is 3. The second kappa shape index (κ2) is 8.57. The molecule has 2 aromatic rings. The maximum absolute atomic E-state index is 13.0. The number of urea groups is 1. The number of hydrogen-bond acceptors (Lipinski definition) is 4. The minimum atomic E-state index is -4.65. The van der Waals surface area contributed by atoms with E-state index in [-0.39, 0.29) is 5.69 Å². The summed E-state index contributed by atoms with van der Waals surface area (Å²) in [6, 6.07) is 11.5. The molecule has 12 heteroatoms. The largest absolute Gasteiger partial charge is 0.416 e. The first-order valence-electron chi connectivity index (χ1n) is 8.65. The first-order valence-corrected chi connectivity index (χ1v) is 9.78. The summed E-state index contributed by atoms with van der Waals surface area (Å²) in [5.41, 5.74) is -0.746. The van der Waals surface area contributed by atoms with E-state index in [0.717, 1.165) is 17.0 Å². The van der Waals surface area contributed by atoms with Crippen LogP contribution >= 0.6 is 34.8 Å². The zero-order valence-electron chi connectivity index (χ0n) is 15.7. The van der Waals surface area contributed by atoms with Gasteiger partial charge < -0.3 is 5.32 Å². The minimum Gasteiger partial charge on any atom is -0.360 e. The molecule has 1 saturated heterocycles. The SMILES string of the molecule is CN1C(=O)N(c2cccc(C(F)(F)F)c2)C(=O)/C1=N\C(Nc1ccccc1)C(Cl)(Cl)Cl. The summed E-state index contributed by atoms with van der Waals surface area (Å²) < 4.78 is 37.1. The van der Waals surface area contributed by atoms with Crippen LogP contribution in [0.5, 0.6) is 0 Å². The van der Waals surface area contributed by atoms with Crippen molar-refractivity contribution in [3.05, 3.63) is 60.2 Å². The summed E-state index contributed by atoms with van der Waals surface area (Å²) in [5, 5.41) is 2.84. The number of hydrogen-bond donors (Lipinski definition) is 1. The number of imide groups is 1. The van der Waals surface area contributed by atoms with E-state index in [2.05, 4.69) is 10.3 Å². The fraction of sp³-hybridized carbons (Fsp3) is 0.211. The molecule has 0 radical (unpaired) electrons. The highest BCUT2D eigenvalue weighted by molar-refractivity contribution is 6.68. The Kier molecular flexibility index (Phi) is 6.40. The van der Waals surface area contributed by atoms with Crippen LogP contribution in [-0.4, -0.2) is 39.7 Å². The Hall–Kier alpha value is -2.49. The lowest BCUT2D eigenvalue weighted by Crippen LogP contribution is -2.36. The molecule has 0 aromatic heterocycles. The van der Waals surface area contributed by atoms with E-state index < -0.39 is 39.5 Å². The molecule has 0 spiro atoms. The number of aliphatic imine (C=N–C) groups is 1. The van der Waals surface area contributed by atoms with Gasteiger partial charge in [-0.15, -0.1) is 0 Å². The molecule has 3 amide bonds. The Morgan fingerprint density at radius 1 is 1.00 bits per heavy atom. The lowest BCUT2D eigenvalue weighted by molar-refractivity contribution is -0.137. The van der Waals surface area contributed by atoms with Crippen molar-refractivity contribution in [2.75, 3.05) is 17.3 Å². The number of alkyl halides is 6. The van der Waals surface area contributed by atoms with Crippen molar-refractivity contribution in [2.24, 2.45) is 4.99 Å². The first kappa shape index (κ1) is 23.2. The molecule has 1 aliphatic heterocycles. The number of benzene rings is 2. The molecular weight excluding hydrogens is 480 g/mol. The molecule has 0 aliphatic carbocycles. The molecule has 1 fully saturated rings. The Morgan fingerprint density at radius 3 is 2.23 bits per heavy atom. The van der Waals surface area contributed by atoms with Crippen molar-refractivity contribution < 1.29 is 22.8 Å². The fourth-order valence-electron chi connectivity index (χ4n) is 2.76. The Balaban J connectivity index is 1.97. The predicted molar refractivity (Wildman–Crippen MR) is 114 cm³/mol. The second-order valence-electron chi connectivity index (χ2n) is 6.44. The molecule has 164 valence electrons. The van der Waals surface area contributed by atoms with Gasteiger partial charge in [-0.25, -0.2) is 14.7 Å². The van der Waals surface area contributed by atoms with Gasteiger partial charge in [0.05, 0.1) is 11.3 Å². The standard InChI is InChI=1S/C19H14Cl3F3N4O2/c1-28-14(27-16(18(20,21)22)26-12-7-3-2-4-8-12)15(30)29(17(28)31)13-9-5-6-11(10-13)19(23,24)25/h2-10,16,26H,1H3/b27-14+. The van der Waals surface area contributed by atoms with Gasteiger partial charge in [0.2, 0.25) is 9.63 Å². The van der Waals surface area contributed by atoms with Crippen LogP contribution in [0.25, 0.3) is 0 Å². The van der Waals surface area contributed by atoms with Gasteiger partial charge in [-0.05, 0) is 30.3 Å². The molecule has 1 heterocycles. The Labute approximate surface area is 190 Å². The fourth-order valence-corrected chi connectivity index (χ4v) is 3.07. The molecule has 1 aliphatic rings. The normalized spacial score (nSPS) is 17.5. The maximum Gasteiger partial charge on any atom is 0.416 e. The van der Waals surface area contributed by atoms with Gasteiger partial charge >= 0.3 is 18.1 Å². The van der Waals surface area contributed by atoms with Crippen LogP contribution in [0.1, 0.15) is 5.56 Å². The molecule has 3 rings (SSSR count). The molecule has 1 unspecified atom stereocenters. The summed E-state index contributed by atoms with van der Waals surface area (Å²) in [7, 11) is 1.24. The van der Waals surface area contributed by atoms with E-state index in [9.17, 15) is 22.8 Å². The van der Waals surface area contributed by atoms with Crippen molar-refractivity contribution in [1.29, 1.82) is 0 Å². The zero-order chi connectivity index (χ0) is 23.0. The summed E-state index contributed by atoms with van der Waals surface area (Å²) in [4.78, 5) is 31.1. The lowest BCUT2D eigenvalue weighted by atomic mass is 10.2. The maximum atomic E-state index is 13.0. The van der Waals surface area contributed by atoms with E-state index in [1.165, 1.54) is 13.1 Å². The van der Waals surface area contributed by atoms with E-state index in [1.54, 1.807) is 30.3 Å². The Bertz CT molecular complexity index is 1030. The van der Waals surface area contributed by atoms with Crippen LogP contribution in [0.15, 0.2) is 59.6 Å². The number of para-hydroxylation sites is 1. The van der Waals surface area contributed by atoms with Gasteiger partial charge in [-0.2, -0.15) is 13.2 Å². The van der Waals surface area contributed by atoms with Gasteiger partial charge in [0.25, 0.3) is 0 Å². The minimum absolute atomic E-state index is 0.261. The number of rotatable bonds is 4. The topological polar surface area (TPSA) is 65.0 Å². The van der Waals surface area contributed by atoms with E-state index >= 15 is 0 Å². The molecule has 0 bridgehead atoms. The molecule has 1 N–H and O–H groups in total. The van der Waals surface area contributed by atoms with Crippen molar-refractivity contribution in [3.8, 4) is 0 Å². The monoisotopic (exact) mass is 492 g/mol. The number of amidine groups is 1. The quantitative estimate of drug-likeness (QED) is 0.464. The Morgan fingerprint density at radius 2 is 1.65 bits per heavy atom. The van der Waals surface area contributed by atoms with Crippen molar-refractivity contribution in [1.82, 2.24) is 4.90 Å². The van der Waals surface area contributed by atoms with Crippen LogP contribution in [0.3, 0.4) is 0 Å². The van der Waals surface area contributed by atoms with Gasteiger partial charge in [0, 0.05) is 12.7 Å². The third-order valence-corrected chi connectivity index (χ3v) is 4.88. The third-order valence-electron chi connectivity index (χ3n) is 4.26. The molecule has 1 atom stereocenters. The van der Waals surface area contributed by atoms with Crippen molar-refractivity contribution in [3.63, 3.8) is 0 Å². The third kappa shape index (κ3) is 5.06. The highest BCUT2D eigenvalue weighted by Crippen LogP contribution is 2.35. The van der Waals surface area contributed by atoms with E-state index in [4.69, 9.17) is 34.8 Å². The van der Waals surface area contributed by atoms with Crippen LogP contribution < -0.4 is 10.2 Å².